The maximum absolute atomic E-state index is 4.32. The molecule has 5 heteroatoms. The monoisotopic (exact) mass is 258 g/mol. The van der Waals surface area contributed by atoms with E-state index < -0.39 is 0 Å². The first-order valence-corrected chi connectivity index (χ1v) is 6.17. The van der Waals surface area contributed by atoms with Crippen LogP contribution >= 0.6 is 12.4 Å². The van der Waals surface area contributed by atoms with Gasteiger partial charge in [-0.3, -0.25) is 9.58 Å². The lowest BCUT2D eigenvalue weighted by Gasteiger charge is -2.23. The van der Waals surface area contributed by atoms with Gasteiger partial charge in [0.05, 0.1) is 12.7 Å². The van der Waals surface area contributed by atoms with Gasteiger partial charge in [-0.25, -0.2) is 0 Å². The topological polar surface area (TPSA) is 33.1 Å². The Morgan fingerprint density at radius 3 is 2.94 bits per heavy atom. The van der Waals surface area contributed by atoms with Crippen molar-refractivity contribution in [1.82, 2.24) is 20.0 Å². The molecule has 1 N–H and O–H groups in total. The molecular formula is C12H23ClN4. The number of hydrogen-bond acceptors (Lipinski definition) is 3. The summed E-state index contributed by atoms with van der Waals surface area (Å²) in [4.78, 5) is 2.58. The minimum Gasteiger partial charge on any atom is -0.318 e. The summed E-state index contributed by atoms with van der Waals surface area (Å²) in [5, 5.41) is 7.60. The van der Waals surface area contributed by atoms with Gasteiger partial charge in [0.15, 0.2) is 0 Å². The molecule has 0 saturated carbocycles. The summed E-state index contributed by atoms with van der Waals surface area (Å²) < 4.78 is 2.05. The van der Waals surface area contributed by atoms with Crippen LogP contribution in [0.1, 0.15) is 18.4 Å². The van der Waals surface area contributed by atoms with Gasteiger partial charge < -0.3 is 5.32 Å². The lowest BCUT2D eigenvalue weighted by atomic mass is 10.2. The average Bonchev–Trinajstić information content (AvgIpc) is 2.85. The van der Waals surface area contributed by atoms with E-state index in [0.717, 1.165) is 25.7 Å². The Morgan fingerprint density at radius 2 is 2.29 bits per heavy atom. The molecule has 1 aromatic rings. The van der Waals surface area contributed by atoms with Crippen molar-refractivity contribution in [3.05, 3.63) is 18.0 Å². The summed E-state index contributed by atoms with van der Waals surface area (Å²) in [5.74, 6) is 0. The molecule has 1 saturated heterocycles. The zero-order chi connectivity index (χ0) is 11.4. The fourth-order valence-corrected chi connectivity index (χ4v) is 2.48. The predicted molar refractivity (Wildman–Crippen MR) is 72.7 cm³/mol. The molecule has 0 aliphatic carbocycles. The van der Waals surface area contributed by atoms with Crippen molar-refractivity contribution in [3.8, 4) is 0 Å². The Balaban J connectivity index is 0.00000144. The summed E-state index contributed by atoms with van der Waals surface area (Å²) in [6, 6.07) is 0.724. The minimum atomic E-state index is 0. The van der Waals surface area contributed by atoms with E-state index in [1.807, 2.05) is 17.9 Å². The molecule has 0 aromatic carbocycles. The third-order valence-electron chi connectivity index (χ3n) is 3.32. The van der Waals surface area contributed by atoms with Crippen molar-refractivity contribution in [2.24, 2.45) is 0 Å². The van der Waals surface area contributed by atoms with E-state index in [1.165, 1.54) is 24.9 Å². The average molecular weight is 259 g/mol. The van der Waals surface area contributed by atoms with Crippen LogP contribution in [-0.4, -0.2) is 47.4 Å². The van der Waals surface area contributed by atoms with Gasteiger partial charge in [0.25, 0.3) is 0 Å². The molecule has 98 valence electrons. The van der Waals surface area contributed by atoms with Crippen molar-refractivity contribution in [2.75, 3.05) is 26.7 Å². The molecule has 1 unspecified atom stereocenters. The van der Waals surface area contributed by atoms with E-state index >= 15 is 0 Å². The molecule has 1 aliphatic heterocycles. The van der Waals surface area contributed by atoms with Gasteiger partial charge in [-0.1, -0.05) is 0 Å². The summed E-state index contributed by atoms with van der Waals surface area (Å²) in [6.45, 7) is 6.56. The van der Waals surface area contributed by atoms with Crippen LogP contribution in [0.25, 0.3) is 0 Å². The molecule has 0 bridgehead atoms. The first kappa shape index (κ1) is 14.5. The largest absolute Gasteiger partial charge is 0.318 e. The molecule has 0 radical (unpaired) electrons. The van der Waals surface area contributed by atoms with Gasteiger partial charge >= 0.3 is 0 Å². The molecule has 1 aliphatic rings. The third-order valence-corrected chi connectivity index (χ3v) is 3.32. The van der Waals surface area contributed by atoms with Crippen LogP contribution in [0.15, 0.2) is 12.4 Å². The number of nitrogens with one attached hydrogen (secondary N) is 1. The number of aromatic nitrogens is 2. The normalized spacial score (nSPS) is 20.5. The summed E-state index contributed by atoms with van der Waals surface area (Å²) >= 11 is 0. The van der Waals surface area contributed by atoms with Crippen molar-refractivity contribution in [3.63, 3.8) is 0 Å². The Hall–Kier alpha value is -0.580. The van der Waals surface area contributed by atoms with Crippen LogP contribution in [0, 0.1) is 6.92 Å². The highest BCUT2D eigenvalue weighted by molar-refractivity contribution is 5.85. The standard InChI is InChI=1S/C12H22N4.ClH/c1-11-8-14-16(10-11)7-6-15-5-3-4-12(15)9-13-2;/h8,10,12-13H,3-7,9H2,1-2H3;1H. The maximum Gasteiger partial charge on any atom is 0.0536 e. The second-order valence-electron chi connectivity index (χ2n) is 4.67. The van der Waals surface area contributed by atoms with Crippen molar-refractivity contribution in [2.45, 2.75) is 32.4 Å². The smallest absolute Gasteiger partial charge is 0.0536 e. The fraction of sp³-hybridized carbons (Fsp3) is 0.750. The quantitative estimate of drug-likeness (QED) is 0.864. The van der Waals surface area contributed by atoms with E-state index in [4.69, 9.17) is 0 Å². The van der Waals surface area contributed by atoms with Crippen LogP contribution in [0.5, 0.6) is 0 Å². The predicted octanol–water partition coefficient (Wildman–Crippen LogP) is 1.30. The summed E-state index contributed by atoms with van der Waals surface area (Å²) in [5.41, 5.74) is 1.24. The van der Waals surface area contributed by atoms with Gasteiger partial charge in [0.1, 0.15) is 0 Å². The number of nitrogens with zero attached hydrogens (tertiary/aromatic N) is 3. The first-order valence-electron chi connectivity index (χ1n) is 6.17. The van der Waals surface area contributed by atoms with Crippen molar-refractivity contribution >= 4 is 12.4 Å². The van der Waals surface area contributed by atoms with Crippen LogP contribution < -0.4 is 5.32 Å². The van der Waals surface area contributed by atoms with Crippen LogP contribution in [-0.2, 0) is 6.54 Å². The van der Waals surface area contributed by atoms with Gasteiger partial charge in [-0.05, 0) is 38.9 Å². The van der Waals surface area contributed by atoms with E-state index in [1.54, 1.807) is 0 Å². The molecule has 0 spiro atoms. The van der Waals surface area contributed by atoms with Crippen molar-refractivity contribution in [1.29, 1.82) is 0 Å². The molecule has 2 rings (SSSR count). The Labute approximate surface area is 110 Å². The minimum absolute atomic E-state index is 0. The summed E-state index contributed by atoms with van der Waals surface area (Å²) in [7, 11) is 2.04. The van der Waals surface area contributed by atoms with E-state index in [0.29, 0.717) is 0 Å². The highest BCUT2D eigenvalue weighted by Crippen LogP contribution is 2.16. The Bertz CT molecular complexity index is 326. The third kappa shape index (κ3) is 3.98. The van der Waals surface area contributed by atoms with Gasteiger partial charge in [0.2, 0.25) is 0 Å². The zero-order valence-corrected chi connectivity index (χ0v) is 11.5. The summed E-state index contributed by atoms with van der Waals surface area (Å²) in [6.07, 6.45) is 6.71. The molecule has 2 heterocycles. The SMILES string of the molecule is CNCC1CCCN1CCn1cc(C)cn1.Cl. The molecule has 1 fully saturated rings. The van der Waals surface area contributed by atoms with Gasteiger partial charge in [0, 0.05) is 25.3 Å². The maximum atomic E-state index is 4.32. The molecule has 1 atom stereocenters. The molecule has 0 amide bonds. The molecule has 17 heavy (non-hydrogen) atoms. The first-order chi connectivity index (χ1) is 7.79. The Morgan fingerprint density at radius 1 is 1.47 bits per heavy atom. The number of aryl methyl sites for hydroxylation is 1. The lowest BCUT2D eigenvalue weighted by Crippen LogP contribution is -2.38. The fourth-order valence-electron chi connectivity index (χ4n) is 2.48. The lowest BCUT2D eigenvalue weighted by molar-refractivity contribution is 0.237. The molecule has 1 aromatic heterocycles. The second-order valence-corrected chi connectivity index (χ2v) is 4.67. The van der Waals surface area contributed by atoms with Crippen LogP contribution in [0.3, 0.4) is 0 Å². The number of rotatable bonds is 5. The van der Waals surface area contributed by atoms with E-state index in [-0.39, 0.29) is 12.4 Å². The van der Waals surface area contributed by atoms with E-state index in [9.17, 15) is 0 Å². The van der Waals surface area contributed by atoms with Crippen molar-refractivity contribution < 1.29 is 0 Å². The second kappa shape index (κ2) is 6.99. The van der Waals surface area contributed by atoms with Gasteiger partial charge in [-0.15, -0.1) is 12.4 Å². The highest BCUT2D eigenvalue weighted by atomic mass is 35.5. The zero-order valence-electron chi connectivity index (χ0n) is 10.7. The molecular weight excluding hydrogens is 236 g/mol. The number of likely N-dealkylation sites (tertiary alicyclic amines) is 1. The van der Waals surface area contributed by atoms with Gasteiger partial charge in [-0.2, -0.15) is 5.10 Å². The van der Waals surface area contributed by atoms with Crippen LogP contribution in [0.2, 0.25) is 0 Å². The molecule has 4 nitrogen and oxygen atoms in total. The number of hydrogen-bond donors (Lipinski definition) is 1. The Kier molecular flexibility index (Phi) is 5.95. The van der Waals surface area contributed by atoms with E-state index in [2.05, 4.69) is 28.4 Å². The number of likely N-dealkylation sites (N-methyl/N-ethyl adjacent to an activating group) is 1. The number of halogens is 1. The highest BCUT2D eigenvalue weighted by Gasteiger charge is 2.22. The van der Waals surface area contributed by atoms with Crippen LogP contribution in [0.4, 0.5) is 0 Å².